The number of carbonyl (C=O) groups is 2. The van der Waals surface area contributed by atoms with Crippen molar-refractivity contribution in [1.82, 2.24) is 9.72 Å². The van der Waals surface area contributed by atoms with Crippen LogP contribution in [0.25, 0.3) is 22.4 Å². The van der Waals surface area contributed by atoms with Gasteiger partial charge in [-0.05, 0) is 43.7 Å². The fraction of sp³-hybridized carbons (Fsp3) is 0.129. The molecule has 0 amide bonds. The first-order chi connectivity index (χ1) is 19.5. The number of aromatic nitrogens is 2. The number of hydrogen-bond acceptors (Lipinski definition) is 7. The van der Waals surface area contributed by atoms with E-state index in [1.54, 1.807) is 48.0 Å². The molecule has 0 aliphatic carbocycles. The molecule has 2 aromatic heterocycles. The maximum Gasteiger partial charge on any atom is 1.00 e. The molecule has 0 fully saturated rings. The SMILES string of the molecule is Cc1ccc(C(=O)c2ccc(CC(=O)[O-])n2C)cc1.Cc1onc(-c2ccccc2)c1-c1ccc(S(N)(=O)=O)cc1.O.O.[Na+]. The number of ketones is 1. The normalized spacial score (nSPS) is 10.3. The first-order valence-corrected chi connectivity index (χ1v) is 14.1. The Kier molecular flexibility index (Phi) is 14.1. The van der Waals surface area contributed by atoms with Crippen molar-refractivity contribution in [3.8, 4) is 22.4 Å². The molecule has 2 heterocycles. The quantitative estimate of drug-likeness (QED) is 0.178. The molecule has 5 aromatic rings. The summed E-state index contributed by atoms with van der Waals surface area (Å²) in [7, 11) is -2.02. The van der Waals surface area contributed by atoms with Crippen molar-refractivity contribution in [2.24, 2.45) is 12.2 Å². The summed E-state index contributed by atoms with van der Waals surface area (Å²) in [5.74, 6) is -0.607. The minimum Gasteiger partial charge on any atom is -0.550 e. The van der Waals surface area contributed by atoms with Gasteiger partial charge < -0.3 is 29.9 Å². The zero-order valence-electron chi connectivity index (χ0n) is 24.7. The number of carboxylic acids is 1. The van der Waals surface area contributed by atoms with Crippen LogP contribution in [0.5, 0.6) is 0 Å². The average molecular weight is 630 g/mol. The molecule has 0 unspecified atom stereocenters. The van der Waals surface area contributed by atoms with Gasteiger partial charge in [-0.1, -0.05) is 77.5 Å². The summed E-state index contributed by atoms with van der Waals surface area (Å²) in [5.41, 5.74) is 6.02. The Balaban J connectivity index is 0.000000416. The van der Waals surface area contributed by atoms with Crippen molar-refractivity contribution >= 4 is 21.8 Å². The van der Waals surface area contributed by atoms with Gasteiger partial charge in [-0.15, -0.1) is 0 Å². The van der Waals surface area contributed by atoms with Gasteiger partial charge in [0.05, 0.1) is 16.2 Å². The van der Waals surface area contributed by atoms with Crippen LogP contribution in [0.1, 0.15) is 33.1 Å². The zero-order chi connectivity index (χ0) is 29.7. The molecule has 44 heavy (non-hydrogen) atoms. The second kappa shape index (κ2) is 16.3. The summed E-state index contributed by atoms with van der Waals surface area (Å²) in [4.78, 5) is 23.0. The van der Waals surface area contributed by atoms with Crippen LogP contribution in [0.2, 0.25) is 0 Å². The second-order valence-electron chi connectivity index (χ2n) is 9.41. The maximum absolute atomic E-state index is 12.3. The van der Waals surface area contributed by atoms with Crippen LogP contribution in [-0.4, -0.2) is 40.8 Å². The summed E-state index contributed by atoms with van der Waals surface area (Å²) < 4.78 is 29.6. The number of nitrogens with zero attached hydrogens (tertiary/aromatic N) is 2. The van der Waals surface area contributed by atoms with Gasteiger partial charge in [0.2, 0.25) is 15.8 Å². The maximum atomic E-state index is 12.3. The van der Waals surface area contributed by atoms with E-state index in [-0.39, 0.29) is 57.6 Å². The Labute approximate surface area is 277 Å². The van der Waals surface area contributed by atoms with E-state index in [4.69, 9.17) is 9.66 Å². The number of hydrogen-bond donors (Lipinski definition) is 1. The van der Waals surface area contributed by atoms with E-state index in [0.717, 1.165) is 27.9 Å². The number of rotatable bonds is 7. The molecule has 0 saturated carbocycles. The van der Waals surface area contributed by atoms with E-state index in [2.05, 4.69) is 5.16 Å². The molecular weight excluding hydrogens is 597 g/mol. The third kappa shape index (κ3) is 9.07. The van der Waals surface area contributed by atoms with Crippen LogP contribution in [0, 0.1) is 13.8 Å². The van der Waals surface area contributed by atoms with Crippen LogP contribution >= 0.6 is 0 Å². The number of nitrogens with two attached hydrogens (primary N) is 1. The van der Waals surface area contributed by atoms with Gasteiger partial charge in [-0.2, -0.15) is 0 Å². The monoisotopic (exact) mass is 629 g/mol. The molecule has 13 heteroatoms. The third-order valence-electron chi connectivity index (χ3n) is 6.48. The van der Waals surface area contributed by atoms with Gasteiger partial charge in [0.25, 0.3) is 0 Å². The van der Waals surface area contributed by atoms with Crippen molar-refractivity contribution < 1.29 is 68.1 Å². The molecule has 0 bridgehead atoms. The molecule has 0 saturated heterocycles. The van der Waals surface area contributed by atoms with Gasteiger partial charge in [0, 0.05) is 36.3 Å². The van der Waals surface area contributed by atoms with E-state index in [0.29, 0.717) is 22.7 Å². The smallest absolute Gasteiger partial charge is 0.550 e. The molecule has 0 atom stereocenters. The molecule has 0 aliphatic rings. The van der Waals surface area contributed by atoms with Crippen molar-refractivity contribution in [2.45, 2.75) is 25.2 Å². The van der Waals surface area contributed by atoms with Crippen molar-refractivity contribution in [2.75, 3.05) is 0 Å². The summed E-state index contributed by atoms with van der Waals surface area (Å²) >= 11 is 0. The Bertz CT molecular complexity index is 1800. The van der Waals surface area contributed by atoms with Crippen LogP contribution in [0.4, 0.5) is 0 Å². The molecule has 226 valence electrons. The molecule has 11 nitrogen and oxygen atoms in total. The number of carbonyl (C=O) groups excluding carboxylic acids is 2. The van der Waals surface area contributed by atoms with Gasteiger partial charge in [-0.3, -0.25) is 4.79 Å². The number of aliphatic carboxylic acids is 1. The zero-order valence-corrected chi connectivity index (χ0v) is 27.5. The largest absolute Gasteiger partial charge is 1.00 e. The second-order valence-corrected chi connectivity index (χ2v) is 11.0. The van der Waals surface area contributed by atoms with Crippen molar-refractivity contribution in [3.05, 3.63) is 119 Å². The topological polar surface area (TPSA) is 211 Å². The van der Waals surface area contributed by atoms with Crippen LogP contribution in [0.3, 0.4) is 0 Å². The first kappa shape index (κ1) is 38.1. The third-order valence-corrected chi connectivity index (χ3v) is 7.41. The Morgan fingerprint density at radius 1 is 0.864 bits per heavy atom. The predicted octanol–water partition coefficient (Wildman–Crippen LogP) is -0.824. The summed E-state index contributed by atoms with van der Waals surface area (Å²) in [6, 6.07) is 26.6. The molecule has 3 aromatic carbocycles. The van der Waals surface area contributed by atoms with Crippen molar-refractivity contribution in [3.63, 3.8) is 0 Å². The fourth-order valence-electron chi connectivity index (χ4n) is 4.28. The Morgan fingerprint density at radius 2 is 1.45 bits per heavy atom. The van der Waals surface area contributed by atoms with Gasteiger partial charge in [0.1, 0.15) is 11.5 Å². The summed E-state index contributed by atoms with van der Waals surface area (Å²) in [6.07, 6.45) is -0.197. The molecule has 6 N–H and O–H groups in total. The Hall–Kier alpha value is -3.88. The van der Waals surface area contributed by atoms with Crippen molar-refractivity contribution in [1.29, 1.82) is 0 Å². The molecular formula is C31H32N3NaO8S. The number of aryl methyl sites for hydroxylation is 2. The standard InChI is InChI=1S/C16H14N2O3S.C15H15NO3.Na.2H2O/c1-11-15(12-7-9-14(10-8-12)22(17,19)20)16(18-21-11)13-5-3-2-4-6-13;1-10-3-5-11(6-4-10)15(19)13-8-7-12(16(13)2)9-14(17)18;;;/h2-10H,1H3,(H2,17,19,20);3-8H,9H2,1-2H3,(H,17,18);;2*1H2/q;;+1;;/p-1. The molecule has 0 spiro atoms. The predicted molar refractivity (Wildman–Crippen MR) is 159 cm³/mol. The Morgan fingerprint density at radius 3 is 2.00 bits per heavy atom. The number of sulfonamides is 1. The van der Waals surface area contributed by atoms with E-state index >= 15 is 0 Å². The number of primary sulfonamides is 1. The molecule has 0 radical (unpaired) electrons. The molecule has 0 aliphatic heterocycles. The van der Waals surface area contributed by atoms with E-state index < -0.39 is 16.0 Å². The average Bonchev–Trinajstić information content (AvgIpc) is 3.51. The molecule has 5 rings (SSSR count). The first-order valence-electron chi connectivity index (χ1n) is 12.6. The van der Waals surface area contributed by atoms with E-state index in [1.165, 1.54) is 12.1 Å². The minimum atomic E-state index is -3.70. The van der Waals surface area contributed by atoms with Crippen LogP contribution in [0.15, 0.2) is 100 Å². The summed E-state index contributed by atoms with van der Waals surface area (Å²) in [5, 5.41) is 19.8. The van der Waals surface area contributed by atoms with Crippen LogP contribution < -0.4 is 39.8 Å². The minimum absolute atomic E-state index is 0. The van der Waals surface area contributed by atoms with E-state index in [9.17, 15) is 23.1 Å². The number of benzene rings is 3. The van der Waals surface area contributed by atoms with E-state index in [1.807, 2.05) is 56.3 Å². The number of carboxylic acid groups (broad SMARTS) is 1. The van der Waals surface area contributed by atoms with Gasteiger partial charge in [-0.25, -0.2) is 13.6 Å². The summed E-state index contributed by atoms with van der Waals surface area (Å²) in [6.45, 7) is 3.77. The van der Waals surface area contributed by atoms with Gasteiger partial charge >= 0.3 is 29.6 Å². The fourth-order valence-corrected chi connectivity index (χ4v) is 4.79. The van der Waals surface area contributed by atoms with Crippen LogP contribution in [-0.2, 0) is 28.3 Å². The van der Waals surface area contributed by atoms with Gasteiger partial charge in [0.15, 0.2) is 0 Å².